The molecule has 1 amide bonds. The summed E-state index contributed by atoms with van der Waals surface area (Å²) < 4.78 is 11.4. The number of nitrogens with zero attached hydrogens (tertiary/aromatic N) is 2. The van der Waals surface area contributed by atoms with Crippen molar-refractivity contribution in [2.75, 3.05) is 19.8 Å². The van der Waals surface area contributed by atoms with Crippen molar-refractivity contribution in [3.8, 4) is 11.3 Å². The highest BCUT2D eigenvalue weighted by molar-refractivity contribution is 8.18. The number of hydrogen-bond acceptors (Lipinski definition) is 5. The Hall–Kier alpha value is -3.09. The van der Waals surface area contributed by atoms with E-state index in [-0.39, 0.29) is 5.91 Å². The number of hydrogen-bond donors (Lipinski definition) is 0. The van der Waals surface area contributed by atoms with Gasteiger partial charge in [0.2, 0.25) is 0 Å². The van der Waals surface area contributed by atoms with Crippen LogP contribution >= 0.6 is 11.8 Å². The Morgan fingerprint density at radius 3 is 2.50 bits per heavy atom. The average Bonchev–Trinajstić information content (AvgIpc) is 3.36. The number of amidine groups is 1. The molecule has 0 radical (unpaired) electrons. The van der Waals surface area contributed by atoms with Crippen LogP contribution in [0, 0.1) is 0 Å². The number of aliphatic imine (C=N–C) groups is 1. The van der Waals surface area contributed by atoms with Crippen molar-refractivity contribution in [2.45, 2.75) is 6.92 Å². The lowest BCUT2D eigenvalue weighted by molar-refractivity contribution is -0.122. The molecule has 3 aromatic rings. The maximum absolute atomic E-state index is 13.0. The van der Waals surface area contributed by atoms with E-state index in [1.54, 1.807) is 11.0 Å². The van der Waals surface area contributed by atoms with E-state index >= 15 is 0 Å². The molecule has 0 saturated carbocycles. The fraction of sp³-hybridized carbons (Fsp3) is 0.167. The van der Waals surface area contributed by atoms with Gasteiger partial charge in [0.25, 0.3) is 5.91 Å². The fourth-order valence-corrected chi connectivity index (χ4v) is 4.02. The van der Waals surface area contributed by atoms with Gasteiger partial charge < -0.3 is 9.15 Å². The number of thioether (sulfide) groups is 1. The molecule has 5 nitrogen and oxygen atoms in total. The Morgan fingerprint density at radius 1 is 1.03 bits per heavy atom. The van der Waals surface area contributed by atoms with Crippen molar-refractivity contribution in [3.05, 3.63) is 83.5 Å². The number of amides is 1. The van der Waals surface area contributed by atoms with Crippen molar-refractivity contribution in [1.29, 1.82) is 0 Å². The van der Waals surface area contributed by atoms with Crippen LogP contribution < -0.4 is 0 Å². The lowest BCUT2D eigenvalue weighted by atomic mass is 10.2. The molecular weight excluding hydrogens is 396 g/mol. The summed E-state index contributed by atoms with van der Waals surface area (Å²) in [6, 6.07) is 23.3. The number of rotatable bonds is 7. The van der Waals surface area contributed by atoms with Crippen LogP contribution in [-0.2, 0) is 9.53 Å². The van der Waals surface area contributed by atoms with Crippen molar-refractivity contribution in [1.82, 2.24) is 4.90 Å². The van der Waals surface area contributed by atoms with E-state index < -0.39 is 0 Å². The van der Waals surface area contributed by atoms with Gasteiger partial charge in [-0.2, -0.15) is 0 Å². The van der Waals surface area contributed by atoms with Crippen LogP contribution in [0.5, 0.6) is 0 Å². The van der Waals surface area contributed by atoms with E-state index in [0.29, 0.717) is 35.6 Å². The minimum atomic E-state index is -0.0907. The van der Waals surface area contributed by atoms with Crippen molar-refractivity contribution in [3.63, 3.8) is 0 Å². The SMILES string of the molecule is CCOCCN1C(=O)C(=Cc2ccc(-c3ccccc3)o2)SC1=Nc1ccccc1. The van der Waals surface area contributed by atoms with Crippen LogP contribution in [-0.4, -0.2) is 35.7 Å². The normalized spacial score (nSPS) is 16.7. The van der Waals surface area contributed by atoms with Gasteiger partial charge in [-0.15, -0.1) is 0 Å². The molecule has 2 heterocycles. The van der Waals surface area contributed by atoms with Gasteiger partial charge in [-0.05, 0) is 43.0 Å². The van der Waals surface area contributed by atoms with E-state index in [1.165, 1.54) is 11.8 Å². The van der Waals surface area contributed by atoms with E-state index in [1.807, 2.05) is 79.7 Å². The van der Waals surface area contributed by atoms with E-state index in [9.17, 15) is 4.79 Å². The number of benzene rings is 2. The highest BCUT2D eigenvalue weighted by atomic mass is 32.2. The second-order valence-electron chi connectivity index (χ2n) is 6.56. The predicted octanol–water partition coefficient (Wildman–Crippen LogP) is 5.59. The quantitative estimate of drug-likeness (QED) is 0.371. The molecular formula is C24H22N2O3S. The van der Waals surface area contributed by atoms with Crippen LogP contribution in [0.15, 0.2) is 87.1 Å². The molecule has 1 aliphatic rings. The third kappa shape index (κ3) is 4.72. The standard InChI is InChI=1S/C24H22N2O3S/c1-2-28-16-15-26-23(27)22(30-24(26)25-19-11-7-4-8-12-19)17-20-13-14-21(29-20)18-9-5-3-6-10-18/h3-14,17H,2,15-16H2,1H3. The first-order valence-corrected chi connectivity index (χ1v) is 10.6. The fourth-order valence-electron chi connectivity index (χ4n) is 3.02. The summed E-state index contributed by atoms with van der Waals surface area (Å²) in [7, 11) is 0. The first-order valence-electron chi connectivity index (χ1n) is 9.83. The van der Waals surface area contributed by atoms with E-state index in [4.69, 9.17) is 9.15 Å². The van der Waals surface area contributed by atoms with Crippen LogP contribution in [0.2, 0.25) is 0 Å². The van der Waals surface area contributed by atoms with Crippen LogP contribution in [0.1, 0.15) is 12.7 Å². The zero-order valence-corrected chi connectivity index (χ0v) is 17.5. The Kier molecular flexibility index (Phi) is 6.47. The summed E-state index contributed by atoms with van der Waals surface area (Å²) in [6.07, 6.45) is 1.78. The Labute approximate surface area is 180 Å². The first-order chi connectivity index (χ1) is 14.7. The van der Waals surface area contributed by atoms with Gasteiger partial charge in [-0.25, -0.2) is 4.99 Å². The maximum Gasteiger partial charge on any atom is 0.266 e. The minimum absolute atomic E-state index is 0.0907. The van der Waals surface area contributed by atoms with Gasteiger partial charge in [0.1, 0.15) is 11.5 Å². The van der Waals surface area contributed by atoms with Gasteiger partial charge >= 0.3 is 0 Å². The van der Waals surface area contributed by atoms with Crippen molar-refractivity contribution >= 4 is 34.6 Å². The molecule has 0 N–H and O–H groups in total. The summed E-state index contributed by atoms with van der Waals surface area (Å²) >= 11 is 1.35. The van der Waals surface area contributed by atoms with Gasteiger partial charge in [-0.3, -0.25) is 9.69 Å². The maximum atomic E-state index is 13.0. The number of ether oxygens (including phenoxy) is 1. The second kappa shape index (κ2) is 9.61. The smallest absolute Gasteiger partial charge is 0.266 e. The van der Waals surface area contributed by atoms with Gasteiger partial charge in [0.05, 0.1) is 23.7 Å². The highest BCUT2D eigenvalue weighted by Crippen LogP contribution is 2.34. The molecule has 0 spiro atoms. The summed E-state index contributed by atoms with van der Waals surface area (Å²) in [5, 5.41) is 0.645. The molecule has 1 saturated heterocycles. The predicted molar refractivity (Wildman–Crippen MR) is 121 cm³/mol. The molecule has 6 heteroatoms. The lowest BCUT2D eigenvalue weighted by Crippen LogP contribution is -2.32. The summed E-state index contributed by atoms with van der Waals surface area (Å²) in [6.45, 7) is 3.46. The largest absolute Gasteiger partial charge is 0.457 e. The monoisotopic (exact) mass is 418 g/mol. The molecule has 0 atom stereocenters. The topological polar surface area (TPSA) is 55.0 Å². The highest BCUT2D eigenvalue weighted by Gasteiger charge is 2.33. The summed E-state index contributed by atoms with van der Waals surface area (Å²) in [5.41, 5.74) is 1.80. The molecule has 30 heavy (non-hydrogen) atoms. The molecule has 1 aromatic heterocycles. The van der Waals surface area contributed by atoms with Crippen molar-refractivity contribution < 1.29 is 13.9 Å². The van der Waals surface area contributed by atoms with Gasteiger partial charge in [-0.1, -0.05) is 48.5 Å². The third-order valence-electron chi connectivity index (χ3n) is 4.49. The van der Waals surface area contributed by atoms with Crippen LogP contribution in [0.25, 0.3) is 17.4 Å². The van der Waals surface area contributed by atoms with Gasteiger partial charge in [0.15, 0.2) is 5.17 Å². The Balaban J connectivity index is 1.60. The van der Waals surface area contributed by atoms with Crippen LogP contribution in [0.3, 0.4) is 0 Å². The van der Waals surface area contributed by atoms with Crippen LogP contribution in [0.4, 0.5) is 5.69 Å². The molecule has 0 bridgehead atoms. The molecule has 0 unspecified atom stereocenters. The Bertz CT molecular complexity index is 1060. The molecule has 152 valence electrons. The number of carbonyl (C=O) groups is 1. The minimum Gasteiger partial charge on any atom is -0.457 e. The number of para-hydroxylation sites is 1. The molecule has 1 aliphatic heterocycles. The molecule has 4 rings (SSSR count). The third-order valence-corrected chi connectivity index (χ3v) is 5.50. The molecule has 0 aliphatic carbocycles. The second-order valence-corrected chi connectivity index (χ2v) is 7.57. The van der Waals surface area contributed by atoms with Gasteiger partial charge in [0, 0.05) is 18.2 Å². The summed E-state index contributed by atoms with van der Waals surface area (Å²) in [4.78, 5) is 20.0. The molecule has 1 fully saturated rings. The Morgan fingerprint density at radius 2 is 1.77 bits per heavy atom. The lowest BCUT2D eigenvalue weighted by Gasteiger charge is -2.15. The zero-order valence-electron chi connectivity index (χ0n) is 16.7. The van der Waals surface area contributed by atoms with E-state index in [2.05, 4.69) is 4.99 Å². The molecule has 2 aromatic carbocycles. The summed E-state index contributed by atoms with van der Waals surface area (Å²) in [5.74, 6) is 1.31. The van der Waals surface area contributed by atoms with Crippen molar-refractivity contribution in [2.24, 2.45) is 4.99 Å². The number of furan rings is 1. The average molecular weight is 419 g/mol. The first kappa shape index (κ1) is 20.2. The zero-order chi connectivity index (χ0) is 20.8. The number of carbonyl (C=O) groups excluding carboxylic acids is 1. The van der Waals surface area contributed by atoms with E-state index in [0.717, 1.165) is 17.0 Å².